The van der Waals surface area contributed by atoms with Gasteiger partial charge in [0.1, 0.15) is 30.9 Å². The van der Waals surface area contributed by atoms with E-state index >= 15 is 0 Å². The molecule has 5 rings (SSSR count). The highest BCUT2D eigenvalue weighted by molar-refractivity contribution is 6.12. The number of para-hydroxylation sites is 1. The first-order valence-corrected chi connectivity index (χ1v) is 10.5. The summed E-state index contributed by atoms with van der Waals surface area (Å²) >= 11 is 0. The third-order valence-electron chi connectivity index (χ3n) is 5.74. The minimum atomic E-state index is -0.556. The Kier molecular flexibility index (Phi) is 5.34. The molecule has 0 aromatic heterocycles. The summed E-state index contributed by atoms with van der Waals surface area (Å²) in [6.07, 6.45) is -0.556. The summed E-state index contributed by atoms with van der Waals surface area (Å²) in [6.45, 7) is 0.890. The van der Waals surface area contributed by atoms with Crippen LogP contribution in [0.5, 0.6) is 28.7 Å². The fourth-order valence-electron chi connectivity index (χ4n) is 4.17. The van der Waals surface area contributed by atoms with Crippen LogP contribution in [-0.4, -0.2) is 40.5 Å². The topological polar surface area (TPSA) is 78.5 Å². The fraction of sp³-hybridized carbons (Fsp3) is 0.240. The van der Waals surface area contributed by atoms with Crippen molar-refractivity contribution in [1.82, 2.24) is 0 Å². The van der Waals surface area contributed by atoms with E-state index in [4.69, 9.17) is 23.7 Å². The molecule has 0 saturated carbocycles. The van der Waals surface area contributed by atoms with Gasteiger partial charge in [-0.3, -0.25) is 9.69 Å². The second-order valence-electron chi connectivity index (χ2n) is 7.55. The molecular formula is C25H24N2O6. The quantitative estimate of drug-likeness (QED) is 0.625. The number of hydrogen-bond donors (Lipinski definition) is 1. The third kappa shape index (κ3) is 3.53. The lowest BCUT2D eigenvalue weighted by molar-refractivity contribution is 0.0974. The van der Waals surface area contributed by atoms with Crippen molar-refractivity contribution < 1.29 is 28.5 Å². The van der Waals surface area contributed by atoms with Crippen molar-refractivity contribution >= 4 is 17.3 Å². The predicted octanol–water partition coefficient (Wildman–Crippen LogP) is 4.25. The lowest BCUT2D eigenvalue weighted by atomic mass is 10.0. The highest BCUT2D eigenvalue weighted by atomic mass is 16.6. The Morgan fingerprint density at radius 2 is 1.70 bits per heavy atom. The Morgan fingerprint density at radius 1 is 0.909 bits per heavy atom. The molecule has 3 aromatic carbocycles. The van der Waals surface area contributed by atoms with Crippen LogP contribution in [0.25, 0.3) is 0 Å². The van der Waals surface area contributed by atoms with Crippen LogP contribution in [0.15, 0.2) is 54.6 Å². The van der Waals surface area contributed by atoms with E-state index in [1.807, 2.05) is 36.4 Å². The van der Waals surface area contributed by atoms with Gasteiger partial charge >= 0.3 is 0 Å². The lowest BCUT2D eigenvalue weighted by Crippen LogP contribution is -2.43. The molecule has 33 heavy (non-hydrogen) atoms. The summed E-state index contributed by atoms with van der Waals surface area (Å²) in [5.74, 6) is 2.65. The van der Waals surface area contributed by atoms with Gasteiger partial charge in [0.2, 0.25) is 5.75 Å². The number of fused-ring (bicyclic) bond motifs is 2. The predicted molar refractivity (Wildman–Crippen MR) is 123 cm³/mol. The van der Waals surface area contributed by atoms with Gasteiger partial charge in [0.25, 0.3) is 5.91 Å². The number of benzene rings is 3. The molecule has 0 fully saturated rings. The van der Waals surface area contributed by atoms with Gasteiger partial charge in [-0.2, -0.15) is 0 Å². The Morgan fingerprint density at radius 3 is 2.48 bits per heavy atom. The summed E-state index contributed by atoms with van der Waals surface area (Å²) < 4.78 is 28.1. The molecule has 1 amide bonds. The summed E-state index contributed by atoms with van der Waals surface area (Å²) in [5.41, 5.74) is 2.68. The summed E-state index contributed by atoms with van der Waals surface area (Å²) in [5, 5.41) is 3.50. The van der Waals surface area contributed by atoms with Crippen LogP contribution >= 0.6 is 0 Å². The molecule has 1 N–H and O–H groups in total. The first kappa shape index (κ1) is 20.8. The van der Waals surface area contributed by atoms with Crippen LogP contribution in [0, 0.1) is 0 Å². The fourth-order valence-corrected chi connectivity index (χ4v) is 4.17. The van der Waals surface area contributed by atoms with E-state index in [2.05, 4.69) is 5.32 Å². The first-order chi connectivity index (χ1) is 16.1. The van der Waals surface area contributed by atoms with Crippen molar-refractivity contribution in [3.8, 4) is 28.7 Å². The number of rotatable bonds is 5. The van der Waals surface area contributed by atoms with Crippen molar-refractivity contribution in [2.24, 2.45) is 0 Å². The molecule has 1 unspecified atom stereocenters. The zero-order valence-electron chi connectivity index (χ0n) is 18.6. The number of nitrogens with zero attached hydrogens (tertiary/aromatic N) is 1. The lowest BCUT2D eigenvalue weighted by Gasteiger charge is -2.39. The van der Waals surface area contributed by atoms with E-state index in [0.29, 0.717) is 53.2 Å². The third-order valence-corrected chi connectivity index (χ3v) is 5.74. The summed E-state index contributed by atoms with van der Waals surface area (Å²) in [4.78, 5) is 15.5. The number of methoxy groups -OCH3 is 3. The van der Waals surface area contributed by atoms with Crippen LogP contribution in [0.3, 0.4) is 0 Å². The molecular weight excluding hydrogens is 424 g/mol. The largest absolute Gasteiger partial charge is 0.497 e. The van der Waals surface area contributed by atoms with Gasteiger partial charge in [0, 0.05) is 17.3 Å². The van der Waals surface area contributed by atoms with Gasteiger partial charge in [0.05, 0.1) is 32.6 Å². The van der Waals surface area contributed by atoms with Crippen molar-refractivity contribution in [3.05, 3.63) is 65.7 Å². The van der Waals surface area contributed by atoms with Crippen molar-refractivity contribution in [2.75, 3.05) is 44.8 Å². The Bertz CT molecular complexity index is 1190. The number of hydrogen-bond acceptors (Lipinski definition) is 7. The standard InChI is InChI=1S/C25H24N2O6/c1-29-16-8-9-19(20(14-16)30-2)27-24(26-18-7-5-4-6-17(18)25(27)28)15-12-21(31-3)23-22(13-15)32-10-11-33-23/h4-9,12-14,24,26H,10-11H2,1-3H3. The molecule has 2 aliphatic rings. The number of carbonyl (C=O) groups is 1. The number of ether oxygens (including phenoxy) is 5. The van der Waals surface area contributed by atoms with Crippen LogP contribution in [-0.2, 0) is 0 Å². The van der Waals surface area contributed by atoms with Gasteiger partial charge in [-0.15, -0.1) is 0 Å². The minimum Gasteiger partial charge on any atom is -0.497 e. The maximum absolute atomic E-state index is 13.8. The van der Waals surface area contributed by atoms with E-state index in [0.717, 1.165) is 11.3 Å². The van der Waals surface area contributed by atoms with Gasteiger partial charge in [-0.1, -0.05) is 12.1 Å². The van der Waals surface area contributed by atoms with E-state index in [1.165, 1.54) is 0 Å². The van der Waals surface area contributed by atoms with Gasteiger partial charge in [0.15, 0.2) is 11.5 Å². The molecule has 0 spiro atoms. The zero-order valence-corrected chi connectivity index (χ0v) is 18.6. The Hall–Kier alpha value is -4.07. The molecule has 0 radical (unpaired) electrons. The molecule has 0 saturated heterocycles. The molecule has 8 heteroatoms. The monoisotopic (exact) mass is 448 g/mol. The number of anilines is 2. The van der Waals surface area contributed by atoms with Crippen LogP contribution in [0.4, 0.5) is 11.4 Å². The average Bonchev–Trinajstić information content (AvgIpc) is 2.87. The van der Waals surface area contributed by atoms with Crippen LogP contribution in [0.2, 0.25) is 0 Å². The second kappa shape index (κ2) is 8.46. The summed E-state index contributed by atoms with van der Waals surface area (Å²) in [7, 11) is 4.73. The van der Waals surface area contributed by atoms with E-state index in [1.54, 1.807) is 44.4 Å². The average molecular weight is 448 g/mol. The molecule has 170 valence electrons. The first-order valence-electron chi connectivity index (χ1n) is 10.5. The normalized spacial score (nSPS) is 16.5. The Labute approximate surface area is 191 Å². The van der Waals surface area contributed by atoms with Gasteiger partial charge in [-0.05, 0) is 36.4 Å². The Balaban J connectivity index is 1.69. The molecule has 1 atom stereocenters. The maximum Gasteiger partial charge on any atom is 0.262 e. The minimum absolute atomic E-state index is 0.160. The van der Waals surface area contributed by atoms with Crippen LogP contribution < -0.4 is 33.9 Å². The van der Waals surface area contributed by atoms with E-state index in [9.17, 15) is 4.79 Å². The highest BCUT2D eigenvalue weighted by Gasteiger charge is 2.37. The molecule has 0 aliphatic carbocycles. The molecule has 0 bridgehead atoms. The molecule has 2 heterocycles. The highest BCUT2D eigenvalue weighted by Crippen LogP contribution is 2.46. The second-order valence-corrected chi connectivity index (χ2v) is 7.55. The van der Waals surface area contributed by atoms with E-state index < -0.39 is 6.17 Å². The van der Waals surface area contributed by atoms with Crippen LogP contribution in [0.1, 0.15) is 22.1 Å². The maximum atomic E-state index is 13.8. The van der Waals surface area contributed by atoms with Gasteiger partial charge in [-0.25, -0.2) is 0 Å². The number of amides is 1. The molecule has 2 aliphatic heterocycles. The smallest absolute Gasteiger partial charge is 0.262 e. The van der Waals surface area contributed by atoms with Gasteiger partial charge < -0.3 is 29.0 Å². The SMILES string of the molecule is COc1ccc(N2C(=O)c3ccccc3NC2c2cc(OC)c3c(c2)OCCO3)c(OC)c1. The van der Waals surface area contributed by atoms with Crippen molar-refractivity contribution in [3.63, 3.8) is 0 Å². The van der Waals surface area contributed by atoms with Crippen molar-refractivity contribution in [1.29, 1.82) is 0 Å². The molecule has 3 aromatic rings. The van der Waals surface area contributed by atoms with E-state index in [-0.39, 0.29) is 5.91 Å². The summed E-state index contributed by atoms with van der Waals surface area (Å²) in [6, 6.07) is 16.5. The number of carbonyl (C=O) groups excluding carboxylic acids is 1. The molecule has 8 nitrogen and oxygen atoms in total. The zero-order chi connectivity index (χ0) is 22.9. The number of nitrogens with one attached hydrogen (secondary N) is 1. The van der Waals surface area contributed by atoms with Crippen molar-refractivity contribution in [2.45, 2.75) is 6.17 Å².